The van der Waals surface area contributed by atoms with Crippen LogP contribution in [0.15, 0.2) is 128 Å². The number of hydrogen-bond acceptors (Lipinski definition) is 5. The van der Waals surface area contributed by atoms with Gasteiger partial charge in [0.2, 0.25) is 0 Å². The van der Waals surface area contributed by atoms with Gasteiger partial charge in [-0.05, 0) is 106 Å². The number of para-hydroxylation sites is 3. The van der Waals surface area contributed by atoms with Crippen molar-refractivity contribution in [1.82, 2.24) is 4.98 Å². The first kappa shape index (κ1) is 27.8. The van der Waals surface area contributed by atoms with Crippen molar-refractivity contribution in [3.05, 3.63) is 133 Å². The molecule has 3 aliphatic rings. The molecule has 0 saturated carbocycles. The Morgan fingerprint density at radius 3 is 2.28 bits per heavy atom. The lowest BCUT2D eigenvalue weighted by Gasteiger charge is -2.40. The van der Waals surface area contributed by atoms with Gasteiger partial charge >= 0.3 is 0 Å². The molecule has 9 rings (SSSR count). The predicted molar refractivity (Wildman–Crippen MR) is 196 cm³/mol. The molecule has 3 aliphatic heterocycles. The molecule has 0 fully saturated rings. The Labute approximate surface area is 276 Å². The van der Waals surface area contributed by atoms with Gasteiger partial charge in [-0.15, -0.1) is 0 Å². The highest BCUT2D eigenvalue weighted by Gasteiger charge is 2.42. The first-order valence-electron chi connectivity index (χ1n) is 16.3. The second-order valence-corrected chi connectivity index (χ2v) is 13.8. The van der Waals surface area contributed by atoms with Crippen LogP contribution < -0.4 is 35.8 Å². The SMILES string of the molecule is CN1CN(c2ccc3c(c2)B2c4cc(-c5cc(C(C)(C)C)ccn5)ccc4N(c4ccccc4)c4cccc(c42)O3)c2ccccc21. The topological polar surface area (TPSA) is 31.8 Å². The normalized spacial score (nSPS) is 14.3. The minimum Gasteiger partial charge on any atom is -0.458 e. The van der Waals surface area contributed by atoms with Crippen LogP contribution in [-0.4, -0.2) is 25.4 Å². The van der Waals surface area contributed by atoms with Gasteiger partial charge in [-0.1, -0.05) is 69.3 Å². The third-order valence-electron chi connectivity index (χ3n) is 9.86. The third-order valence-corrected chi connectivity index (χ3v) is 9.86. The van der Waals surface area contributed by atoms with Crippen LogP contribution in [-0.2, 0) is 5.41 Å². The zero-order valence-corrected chi connectivity index (χ0v) is 27.1. The fourth-order valence-corrected chi connectivity index (χ4v) is 7.51. The van der Waals surface area contributed by atoms with E-state index in [1.54, 1.807) is 0 Å². The number of ether oxygens (including phenoxy) is 1. The number of pyridine rings is 1. The Hall–Kier alpha value is -5.49. The Bertz CT molecular complexity index is 2190. The molecule has 0 unspecified atom stereocenters. The monoisotopic (exact) mass is 610 g/mol. The van der Waals surface area contributed by atoms with Gasteiger partial charge in [-0.2, -0.15) is 0 Å². The van der Waals surface area contributed by atoms with Crippen molar-refractivity contribution < 1.29 is 4.74 Å². The number of rotatable bonds is 3. The largest absolute Gasteiger partial charge is 0.458 e. The fraction of sp³-hybridized carbons (Fsp3) is 0.146. The molecule has 228 valence electrons. The van der Waals surface area contributed by atoms with Gasteiger partial charge in [0.1, 0.15) is 11.5 Å². The van der Waals surface area contributed by atoms with Gasteiger partial charge in [-0.25, -0.2) is 0 Å². The highest BCUT2D eigenvalue weighted by Crippen LogP contribution is 2.43. The van der Waals surface area contributed by atoms with E-state index in [4.69, 9.17) is 9.72 Å². The molecule has 0 spiro atoms. The Kier molecular flexibility index (Phi) is 6.07. The summed E-state index contributed by atoms with van der Waals surface area (Å²) in [7, 11) is 2.16. The van der Waals surface area contributed by atoms with E-state index in [9.17, 15) is 0 Å². The van der Waals surface area contributed by atoms with Crippen molar-refractivity contribution >= 4 is 57.2 Å². The molecule has 5 nitrogen and oxygen atoms in total. The molecule has 6 heteroatoms. The van der Waals surface area contributed by atoms with E-state index < -0.39 is 0 Å². The Morgan fingerprint density at radius 1 is 0.660 bits per heavy atom. The lowest BCUT2D eigenvalue weighted by molar-refractivity contribution is 0.487. The molecule has 0 N–H and O–H groups in total. The van der Waals surface area contributed by atoms with Gasteiger partial charge in [0.15, 0.2) is 0 Å². The lowest BCUT2D eigenvalue weighted by atomic mass is 9.34. The van der Waals surface area contributed by atoms with E-state index in [0.717, 1.165) is 46.5 Å². The summed E-state index contributed by atoms with van der Waals surface area (Å²) in [5.41, 5.74) is 14.1. The first-order valence-corrected chi connectivity index (χ1v) is 16.3. The maximum Gasteiger partial charge on any atom is 0.256 e. The molecule has 0 bridgehead atoms. The number of benzene rings is 5. The van der Waals surface area contributed by atoms with Crippen molar-refractivity contribution in [2.24, 2.45) is 0 Å². The van der Waals surface area contributed by atoms with E-state index in [-0.39, 0.29) is 12.1 Å². The maximum atomic E-state index is 6.73. The molecular formula is C41H35BN4O. The van der Waals surface area contributed by atoms with Crippen LogP contribution in [0.25, 0.3) is 11.3 Å². The Morgan fingerprint density at radius 2 is 1.45 bits per heavy atom. The summed E-state index contributed by atoms with van der Waals surface area (Å²) in [6, 6.07) is 43.7. The van der Waals surface area contributed by atoms with E-state index in [1.807, 2.05) is 6.20 Å². The van der Waals surface area contributed by atoms with Gasteiger partial charge in [-0.3, -0.25) is 4.98 Å². The molecule has 6 aromatic rings. The minimum atomic E-state index is -0.0128. The summed E-state index contributed by atoms with van der Waals surface area (Å²) in [6.45, 7) is 7.54. The first-order chi connectivity index (χ1) is 22.8. The van der Waals surface area contributed by atoms with Gasteiger partial charge in [0.25, 0.3) is 6.71 Å². The molecule has 1 aromatic heterocycles. The Balaban J connectivity index is 1.26. The number of fused-ring (bicyclic) bond motifs is 5. The number of anilines is 6. The van der Waals surface area contributed by atoms with Crippen LogP contribution in [0, 0.1) is 0 Å². The number of nitrogens with zero attached hydrogens (tertiary/aromatic N) is 4. The summed E-state index contributed by atoms with van der Waals surface area (Å²) in [6.07, 6.45) is 1.94. The quantitative estimate of drug-likeness (QED) is 0.189. The zero-order valence-electron chi connectivity index (χ0n) is 27.1. The number of aromatic nitrogens is 1. The van der Waals surface area contributed by atoms with E-state index >= 15 is 0 Å². The van der Waals surface area contributed by atoms with Crippen LogP contribution in [0.2, 0.25) is 0 Å². The third kappa shape index (κ3) is 4.35. The zero-order chi connectivity index (χ0) is 31.9. The van der Waals surface area contributed by atoms with Crippen molar-refractivity contribution in [3.63, 3.8) is 0 Å². The molecule has 0 amide bonds. The van der Waals surface area contributed by atoms with Crippen molar-refractivity contribution in [2.75, 3.05) is 28.4 Å². The summed E-state index contributed by atoms with van der Waals surface area (Å²) in [5, 5.41) is 0. The molecule has 4 heterocycles. The second-order valence-electron chi connectivity index (χ2n) is 13.8. The lowest BCUT2D eigenvalue weighted by Crippen LogP contribution is -2.59. The van der Waals surface area contributed by atoms with E-state index in [2.05, 4.69) is 164 Å². The van der Waals surface area contributed by atoms with Crippen LogP contribution in [0.5, 0.6) is 11.5 Å². The van der Waals surface area contributed by atoms with E-state index in [0.29, 0.717) is 0 Å². The molecule has 0 saturated heterocycles. The molecule has 47 heavy (non-hydrogen) atoms. The van der Waals surface area contributed by atoms with Crippen LogP contribution in [0.3, 0.4) is 0 Å². The summed E-state index contributed by atoms with van der Waals surface area (Å²) in [5.74, 6) is 1.81. The van der Waals surface area contributed by atoms with Crippen LogP contribution >= 0.6 is 0 Å². The van der Waals surface area contributed by atoms with Crippen molar-refractivity contribution in [3.8, 4) is 22.8 Å². The molecule has 0 aliphatic carbocycles. The molecular weight excluding hydrogens is 575 g/mol. The molecule has 0 atom stereocenters. The fourth-order valence-electron chi connectivity index (χ4n) is 7.51. The minimum absolute atomic E-state index is 0.0128. The summed E-state index contributed by atoms with van der Waals surface area (Å²) >= 11 is 0. The summed E-state index contributed by atoms with van der Waals surface area (Å²) in [4.78, 5) is 12.0. The van der Waals surface area contributed by atoms with Crippen LogP contribution in [0.4, 0.5) is 34.1 Å². The molecule has 5 aromatic carbocycles. The summed E-state index contributed by atoms with van der Waals surface area (Å²) < 4.78 is 6.73. The standard InChI is InChI=1S/C41H35BN4O/c1-41(2,3)28-21-22-43-33(24-28)27-17-19-34-31(23-27)42-32-25-30(45-26-44(4)35-13-8-9-14-36(35)45)18-20-38(32)47-39-16-10-15-37(40(39)42)46(34)29-11-6-5-7-12-29/h5-25H,26H2,1-4H3. The second kappa shape index (κ2) is 10.3. The van der Waals surface area contributed by atoms with Gasteiger partial charge in [0.05, 0.1) is 23.7 Å². The number of hydrogen-bond donors (Lipinski definition) is 0. The average Bonchev–Trinajstić information content (AvgIpc) is 3.44. The average molecular weight is 611 g/mol. The van der Waals surface area contributed by atoms with Crippen LogP contribution in [0.1, 0.15) is 26.3 Å². The van der Waals surface area contributed by atoms with Gasteiger partial charge < -0.3 is 19.4 Å². The highest BCUT2D eigenvalue weighted by atomic mass is 16.5. The van der Waals surface area contributed by atoms with Gasteiger partial charge in [0, 0.05) is 36.0 Å². The van der Waals surface area contributed by atoms with Crippen molar-refractivity contribution in [2.45, 2.75) is 26.2 Å². The van der Waals surface area contributed by atoms with E-state index in [1.165, 1.54) is 39.0 Å². The predicted octanol–water partition coefficient (Wildman–Crippen LogP) is 8.00. The van der Waals surface area contributed by atoms with Crippen molar-refractivity contribution in [1.29, 1.82) is 0 Å². The molecule has 0 radical (unpaired) electrons. The smallest absolute Gasteiger partial charge is 0.256 e. The highest BCUT2D eigenvalue weighted by molar-refractivity contribution is 6.99. The maximum absolute atomic E-state index is 6.73.